The Morgan fingerprint density at radius 3 is 2.41 bits per heavy atom. The fourth-order valence-corrected chi connectivity index (χ4v) is 3.80. The van der Waals surface area contributed by atoms with Crippen molar-refractivity contribution in [1.82, 2.24) is 9.78 Å². The van der Waals surface area contributed by atoms with Gasteiger partial charge in [0.25, 0.3) is 0 Å². The first-order chi connectivity index (χ1) is 15.3. The Balaban J connectivity index is 1.57. The highest BCUT2D eigenvalue weighted by Gasteiger charge is 2.40. The van der Waals surface area contributed by atoms with E-state index in [0.29, 0.717) is 15.4 Å². The Morgan fingerprint density at radius 1 is 1.03 bits per heavy atom. The first-order valence-corrected chi connectivity index (χ1v) is 10.4. The van der Waals surface area contributed by atoms with Gasteiger partial charge in [0, 0.05) is 18.1 Å². The van der Waals surface area contributed by atoms with Gasteiger partial charge < -0.3 is 9.64 Å². The molecule has 6 nitrogen and oxygen atoms in total. The van der Waals surface area contributed by atoms with Crippen LogP contribution < -0.4 is 15.0 Å². The normalized spacial score (nSPS) is 14.3. The molecule has 2 heterocycles. The number of amides is 1. The number of benzene rings is 2. The number of aromatic nitrogens is 2. The quantitative estimate of drug-likeness (QED) is 0.503. The molecule has 4 rings (SSSR count). The number of carbonyl (C=O) groups excluding carboxylic acids is 1. The van der Waals surface area contributed by atoms with Crippen LogP contribution in [0.5, 0.6) is 5.75 Å². The van der Waals surface area contributed by atoms with E-state index < -0.39 is 23.7 Å². The highest BCUT2D eigenvalue weighted by molar-refractivity contribution is 6.30. The maximum Gasteiger partial charge on any atom is 0.437 e. The molecule has 0 saturated carbocycles. The average Bonchev–Trinajstić information content (AvgIpc) is 3.19. The van der Waals surface area contributed by atoms with Gasteiger partial charge in [-0.15, -0.1) is 0 Å². The van der Waals surface area contributed by atoms with E-state index in [-0.39, 0.29) is 5.69 Å². The van der Waals surface area contributed by atoms with E-state index in [4.69, 9.17) is 16.3 Å². The minimum Gasteiger partial charge on any atom is -0.406 e. The van der Waals surface area contributed by atoms with Gasteiger partial charge >= 0.3 is 12.3 Å². The zero-order valence-corrected chi connectivity index (χ0v) is 17.7. The van der Waals surface area contributed by atoms with Crippen molar-refractivity contribution in [1.29, 1.82) is 0 Å². The monoisotopic (exact) mass is 464 g/mol. The summed E-state index contributed by atoms with van der Waals surface area (Å²) in [4.78, 5) is 14.7. The lowest BCUT2D eigenvalue weighted by molar-refractivity contribution is -0.143. The second-order valence-electron chi connectivity index (χ2n) is 7.32. The lowest BCUT2D eigenvalue weighted by Crippen LogP contribution is -2.30. The number of para-hydroxylation sites is 2. The fraction of sp³-hybridized carbons (Fsp3) is 0.273. The minimum atomic E-state index is -4.81. The SMILES string of the molecule is O=C(Nc1ccccc1N1CCCCC1)Oc1cnn(-c2ccc(Cl)cc2)c1C(F)(F)F. The smallest absolute Gasteiger partial charge is 0.406 e. The van der Waals surface area contributed by atoms with Gasteiger partial charge in [-0.2, -0.15) is 18.3 Å². The molecule has 2 aromatic carbocycles. The number of hydrogen-bond donors (Lipinski definition) is 1. The molecule has 10 heteroatoms. The molecule has 0 aliphatic carbocycles. The van der Waals surface area contributed by atoms with Crippen LogP contribution in [-0.2, 0) is 6.18 Å². The van der Waals surface area contributed by atoms with E-state index in [1.807, 2.05) is 12.1 Å². The third-order valence-electron chi connectivity index (χ3n) is 5.12. The predicted molar refractivity (Wildman–Crippen MR) is 116 cm³/mol. The molecular weight excluding hydrogens is 445 g/mol. The van der Waals surface area contributed by atoms with Gasteiger partial charge in [-0.05, 0) is 55.7 Å². The summed E-state index contributed by atoms with van der Waals surface area (Å²) in [7, 11) is 0. The number of halogens is 4. The van der Waals surface area contributed by atoms with Gasteiger partial charge in [-0.3, -0.25) is 5.32 Å². The zero-order valence-electron chi connectivity index (χ0n) is 16.9. The summed E-state index contributed by atoms with van der Waals surface area (Å²) in [5, 5.41) is 6.71. The molecule has 0 spiro atoms. The second-order valence-corrected chi connectivity index (χ2v) is 7.76. The number of piperidine rings is 1. The highest BCUT2D eigenvalue weighted by Crippen LogP contribution is 2.38. The zero-order chi connectivity index (χ0) is 22.7. The Bertz CT molecular complexity index is 1090. The third-order valence-corrected chi connectivity index (χ3v) is 5.37. The van der Waals surface area contributed by atoms with Crippen LogP contribution in [0.2, 0.25) is 5.02 Å². The first-order valence-electron chi connectivity index (χ1n) is 10.1. The molecule has 1 N–H and O–H groups in total. The van der Waals surface area contributed by atoms with E-state index in [2.05, 4.69) is 15.3 Å². The predicted octanol–water partition coefficient (Wildman–Crippen LogP) is 6.15. The van der Waals surface area contributed by atoms with E-state index in [1.165, 1.54) is 24.3 Å². The average molecular weight is 465 g/mol. The van der Waals surface area contributed by atoms with Crippen molar-refractivity contribution in [2.24, 2.45) is 0 Å². The molecular formula is C22H20ClF3N4O2. The summed E-state index contributed by atoms with van der Waals surface area (Å²) in [5.41, 5.74) is 0.210. The lowest BCUT2D eigenvalue weighted by Gasteiger charge is -2.30. The van der Waals surface area contributed by atoms with Crippen molar-refractivity contribution >= 4 is 29.1 Å². The molecule has 0 bridgehead atoms. The number of carbonyl (C=O) groups is 1. The highest BCUT2D eigenvalue weighted by atomic mass is 35.5. The molecule has 1 aliphatic heterocycles. The number of nitrogens with one attached hydrogen (secondary N) is 1. The number of ether oxygens (including phenoxy) is 1. The van der Waals surface area contributed by atoms with Crippen molar-refractivity contribution in [2.75, 3.05) is 23.3 Å². The summed E-state index contributed by atoms with van der Waals surface area (Å²) in [6, 6.07) is 12.8. The van der Waals surface area contributed by atoms with Crippen molar-refractivity contribution in [3.8, 4) is 11.4 Å². The number of hydrogen-bond acceptors (Lipinski definition) is 4. The third kappa shape index (κ3) is 4.83. The Morgan fingerprint density at radius 2 is 1.72 bits per heavy atom. The molecule has 0 radical (unpaired) electrons. The molecule has 1 saturated heterocycles. The van der Waals surface area contributed by atoms with Crippen LogP contribution in [0, 0.1) is 0 Å². The maximum absolute atomic E-state index is 13.8. The van der Waals surface area contributed by atoms with Crippen LogP contribution in [0.25, 0.3) is 5.69 Å². The lowest BCUT2D eigenvalue weighted by atomic mass is 10.1. The summed E-state index contributed by atoms with van der Waals surface area (Å²) in [6.45, 7) is 1.69. The van der Waals surface area contributed by atoms with Crippen LogP contribution in [0.1, 0.15) is 25.0 Å². The first kappa shape index (κ1) is 22.0. The van der Waals surface area contributed by atoms with Gasteiger partial charge in [0.15, 0.2) is 11.4 Å². The Hall–Kier alpha value is -3.20. The van der Waals surface area contributed by atoms with E-state index in [9.17, 15) is 18.0 Å². The van der Waals surface area contributed by atoms with Gasteiger partial charge in [-0.1, -0.05) is 23.7 Å². The van der Waals surface area contributed by atoms with Crippen molar-refractivity contribution in [2.45, 2.75) is 25.4 Å². The number of nitrogens with zero attached hydrogens (tertiary/aromatic N) is 3. The van der Waals surface area contributed by atoms with Crippen molar-refractivity contribution < 1.29 is 22.7 Å². The maximum atomic E-state index is 13.8. The standard InChI is InChI=1S/C22H20ClF3N4O2/c23-15-8-10-16(11-9-15)30-20(22(24,25)26)19(14-27-30)32-21(31)28-17-6-2-3-7-18(17)29-12-4-1-5-13-29/h2-3,6-11,14H,1,4-5,12-13H2,(H,28,31). The summed E-state index contributed by atoms with van der Waals surface area (Å²) in [5.74, 6) is -0.694. The van der Waals surface area contributed by atoms with Crippen LogP contribution in [-0.4, -0.2) is 29.0 Å². The van der Waals surface area contributed by atoms with Crippen LogP contribution >= 0.6 is 11.6 Å². The largest absolute Gasteiger partial charge is 0.437 e. The van der Waals surface area contributed by atoms with Crippen LogP contribution in [0.3, 0.4) is 0 Å². The summed E-state index contributed by atoms with van der Waals surface area (Å²) < 4.78 is 47.1. The number of alkyl halides is 3. The van der Waals surface area contributed by atoms with E-state index in [0.717, 1.165) is 44.2 Å². The molecule has 32 heavy (non-hydrogen) atoms. The van der Waals surface area contributed by atoms with Gasteiger partial charge in [0.05, 0.1) is 23.3 Å². The fourth-order valence-electron chi connectivity index (χ4n) is 3.67. The molecule has 1 amide bonds. The molecule has 1 aromatic heterocycles. The van der Waals surface area contributed by atoms with Gasteiger partial charge in [0.2, 0.25) is 0 Å². The molecule has 1 aliphatic rings. The molecule has 3 aromatic rings. The molecule has 1 fully saturated rings. The van der Waals surface area contributed by atoms with Gasteiger partial charge in [0.1, 0.15) is 0 Å². The van der Waals surface area contributed by atoms with Gasteiger partial charge in [-0.25, -0.2) is 9.48 Å². The van der Waals surface area contributed by atoms with E-state index >= 15 is 0 Å². The van der Waals surface area contributed by atoms with Crippen LogP contribution in [0.4, 0.5) is 29.3 Å². The molecule has 168 valence electrons. The van der Waals surface area contributed by atoms with Crippen molar-refractivity contribution in [3.63, 3.8) is 0 Å². The second kappa shape index (κ2) is 9.12. The topological polar surface area (TPSA) is 59.4 Å². The Labute approximate surface area is 187 Å². The van der Waals surface area contributed by atoms with Crippen LogP contribution in [0.15, 0.2) is 54.7 Å². The minimum absolute atomic E-state index is 0.132. The summed E-state index contributed by atoms with van der Waals surface area (Å²) >= 11 is 5.82. The summed E-state index contributed by atoms with van der Waals surface area (Å²) in [6.07, 6.45) is -1.75. The van der Waals surface area contributed by atoms with Crippen molar-refractivity contribution in [3.05, 3.63) is 65.4 Å². The van der Waals surface area contributed by atoms with E-state index in [1.54, 1.807) is 12.1 Å². The Kier molecular flexibility index (Phi) is 6.27. The number of rotatable bonds is 4. The molecule has 0 atom stereocenters. The number of anilines is 2. The molecule has 0 unspecified atom stereocenters.